The molecule has 3 N–H and O–H groups in total. The van der Waals surface area contributed by atoms with Crippen LogP contribution >= 0.6 is 0 Å². The molecular weight excluding hydrogens is 320 g/mol. The smallest absolute Gasteiger partial charge is 0.340 e. The lowest BCUT2D eigenvalue weighted by atomic mass is 10.2. The van der Waals surface area contributed by atoms with E-state index in [1.54, 1.807) is 37.3 Å². The molecule has 0 fully saturated rings. The van der Waals surface area contributed by atoms with Gasteiger partial charge in [-0.05, 0) is 45.0 Å². The summed E-state index contributed by atoms with van der Waals surface area (Å²) in [6.45, 7) is 5.83. The number of carbonyl (C=O) groups is 2. The molecule has 2 rings (SSSR count). The molecule has 0 saturated heterocycles. The lowest BCUT2D eigenvalue weighted by Gasteiger charge is -2.12. The first-order valence-electron chi connectivity index (χ1n) is 8.06. The number of amides is 2. The van der Waals surface area contributed by atoms with Crippen LogP contribution in [0, 0.1) is 0 Å². The molecule has 0 radical (unpaired) electrons. The molecule has 0 spiro atoms. The van der Waals surface area contributed by atoms with E-state index in [0.717, 1.165) is 0 Å². The summed E-state index contributed by atoms with van der Waals surface area (Å²) in [7, 11) is 0. The largest absolute Gasteiger partial charge is 0.462 e. The van der Waals surface area contributed by atoms with E-state index in [4.69, 9.17) is 4.74 Å². The van der Waals surface area contributed by atoms with Crippen LogP contribution < -0.4 is 16.0 Å². The van der Waals surface area contributed by atoms with E-state index in [0.29, 0.717) is 29.4 Å². The topological polar surface area (TPSA) is 92.4 Å². The highest BCUT2D eigenvalue weighted by Gasteiger charge is 2.12. The third-order valence-electron chi connectivity index (χ3n) is 3.13. The Hall–Kier alpha value is -3.09. The number of carbonyl (C=O) groups excluding carboxylic acids is 2. The minimum absolute atomic E-state index is 0.0493. The van der Waals surface area contributed by atoms with Crippen molar-refractivity contribution >= 4 is 29.2 Å². The number of rotatable bonds is 6. The summed E-state index contributed by atoms with van der Waals surface area (Å²) in [6, 6.07) is 10.2. The Balaban J connectivity index is 2.07. The van der Waals surface area contributed by atoms with Gasteiger partial charge in [0, 0.05) is 6.04 Å². The quantitative estimate of drug-likeness (QED) is 0.698. The maximum atomic E-state index is 12.0. The molecule has 0 aliphatic carbocycles. The van der Waals surface area contributed by atoms with Crippen LogP contribution in [-0.4, -0.2) is 29.6 Å². The number of nitrogens with zero attached hydrogens (tertiary/aromatic N) is 1. The first kappa shape index (κ1) is 18.3. The Morgan fingerprint density at radius 1 is 1.16 bits per heavy atom. The van der Waals surface area contributed by atoms with Crippen molar-refractivity contribution in [3.63, 3.8) is 0 Å². The maximum absolute atomic E-state index is 12.0. The van der Waals surface area contributed by atoms with Crippen LogP contribution in [0.2, 0.25) is 0 Å². The number of anilines is 3. The number of hydrogen-bond acceptors (Lipinski definition) is 5. The molecule has 0 bridgehead atoms. The first-order valence-corrected chi connectivity index (χ1v) is 8.06. The Labute approximate surface area is 146 Å². The van der Waals surface area contributed by atoms with Gasteiger partial charge in [-0.25, -0.2) is 14.6 Å². The van der Waals surface area contributed by atoms with Crippen molar-refractivity contribution in [2.24, 2.45) is 0 Å². The number of pyridine rings is 1. The van der Waals surface area contributed by atoms with Gasteiger partial charge in [0.15, 0.2) is 0 Å². The molecule has 1 aromatic heterocycles. The SMILES string of the molecule is CCOC(=O)c1ccccc1Nc1ccc(NC(=O)NC(C)C)cn1. The monoisotopic (exact) mass is 342 g/mol. The third-order valence-corrected chi connectivity index (χ3v) is 3.13. The highest BCUT2D eigenvalue weighted by Crippen LogP contribution is 2.21. The Kier molecular flexibility index (Phi) is 6.33. The van der Waals surface area contributed by atoms with E-state index in [1.807, 2.05) is 19.9 Å². The first-order chi connectivity index (χ1) is 12.0. The Morgan fingerprint density at radius 2 is 1.92 bits per heavy atom. The van der Waals surface area contributed by atoms with Crippen molar-refractivity contribution < 1.29 is 14.3 Å². The van der Waals surface area contributed by atoms with Crippen LogP contribution in [0.15, 0.2) is 42.6 Å². The summed E-state index contributed by atoms with van der Waals surface area (Å²) in [4.78, 5) is 27.9. The van der Waals surface area contributed by atoms with Gasteiger partial charge < -0.3 is 20.7 Å². The number of urea groups is 1. The molecule has 1 aromatic carbocycles. The lowest BCUT2D eigenvalue weighted by Crippen LogP contribution is -2.34. The Morgan fingerprint density at radius 3 is 2.56 bits per heavy atom. The van der Waals surface area contributed by atoms with Crippen LogP contribution in [-0.2, 0) is 4.74 Å². The van der Waals surface area contributed by atoms with E-state index in [2.05, 4.69) is 20.9 Å². The van der Waals surface area contributed by atoms with E-state index in [1.165, 1.54) is 6.20 Å². The van der Waals surface area contributed by atoms with Gasteiger partial charge in [-0.15, -0.1) is 0 Å². The van der Waals surface area contributed by atoms with Crippen LogP contribution in [0.3, 0.4) is 0 Å². The summed E-state index contributed by atoms with van der Waals surface area (Å²) in [5.41, 5.74) is 1.61. The van der Waals surface area contributed by atoms with Gasteiger partial charge in [0.05, 0.1) is 29.7 Å². The average Bonchev–Trinajstić information content (AvgIpc) is 2.56. The molecule has 0 atom stereocenters. The predicted molar refractivity (Wildman–Crippen MR) is 97.2 cm³/mol. The van der Waals surface area contributed by atoms with E-state index in [9.17, 15) is 9.59 Å². The molecule has 2 aromatic rings. The fraction of sp³-hybridized carbons (Fsp3) is 0.278. The van der Waals surface area contributed by atoms with Gasteiger partial charge in [0.2, 0.25) is 0 Å². The van der Waals surface area contributed by atoms with Crippen LogP contribution in [0.4, 0.5) is 22.0 Å². The van der Waals surface area contributed by atoms with Crippen molar-refractivity contribution in [3.8, 4) is 0 Å². The molecule has 25 heavy (non-hydrogen) atoms. The second-order valence-electron chi connectivity index (χ2n) is 5.58. The van der Waals surface area contributed by atoms with E-state index >= 15 is 0 Å². The lowest BCUT2D eigenvalue weighted by molar-refractivity contribution is 0.0527. The van der Waals surface area contributed by atoms with Gasteiger partial charge in [-0.2, -0.15) is 0 Å². The predicted octanol–water partition coefficient (Wildman–Crippen LogP) is 3.53. The van der Waals surface area contributed by atoms with Crippen molar-refractivity contribution in [3.05, 3.63) is 48.2 Å². The standard InChI is InChI=1S/C18H22N4O3/c1-4-25-17(23)14-7-5-6-8-15(14)22-16-10-9-13(11-19-16)21-18(24)20-12(2)3/h5-12H,4H2,1-3H3,(H,19,22)(H2,20,21,24). The zero-order valence-electron chi connectivity index (χ0n) is 14.5. The second kappa shape index (κ2) is 8.68. The summed E-state index contributed by atoms with van der Waals surface area (Å²) in [6.07, 6.45) is 1.54. The van der Waals surface area contributed by atoms with Crippen molar-refractivity contribution in [1.82, 2.24) is 10.3 Å². The summed E-state index contributed by atoms with van der Waals surface area (Å²) in [5, 5.41) is 8.51. The van der Waals surface area contributed by atoms with E-state index in [-0.39, 0.29) is 12.1 Å². The molecule has 7 nitrogen and oxygen atoms in total. The number of nitrogens with one attached hydrogen (secondary N) is 3. The molecule has 0 aliphatic rings. The maximum Gasteiger partial charge on any atom is 0.340 e. The zero-order valence-corrected chi connectivity index (χ0v) is 14.5. The van der Waals surface area contributed by atoms with Crippen LogP contribution in [0.5, 0.6) is 0 Å². The van der Waals surface area contributed by atoms with Crippen molar-refractivity contribution in [1.29, 1.82) is 0 Å². The number of esters is 1. The molecule has 0 unspecified atom stereocenters. The number of para-hydroxylation sites is 1. The second-order valence-corrected chi connectivity index (χ2v) is 5.58. The minimum Gasteiger partial charge on any atom is -0.462 e. The van der Waals surface area contributed by atoms with Crippen LogP contribution in [0.25, 0.3) is 0 Å². The fourth-order valence-corrected chi connectivity index (χ4v) is 2.09. The minimum atomic E-state index is -0.394. The van der Waals surface area contributed by atoms with Gasteiger partial charge in [-0.3, -0.25) is 0 Å². The van der Waals surface area contributed by atoms with Gasteiger partial charge in [0.25, 0.3) is 0 Å². The summed E-state index contributed by atoms with van der Waals surface area (Å²) < 4.78 is 5.05. The molecule has 0 aliphatic heterocycles. The number of hydrogen-bond donors (Lipinski definition) is 3. The fourth-order valence-electron chi connectivity index (χ4n) is 2.09. The number of aromatic nitrogens is 1. The normalized spacial score (nSPS) is 10.2. The molecule has 1 heterocycles. The average molecular weight is 342 g/mol. The molecule has 0 saturated carbocycles. The summed E-state index contributed by atoms with van der Waals surface area (Å²) in [5.74, 6) is 0.154. The van der Waals surface area contributed by atoms with Gasteiger partial charge in [0.1, 0.15) is 5.82 Å². The van der Waals surface area contributed by atoms with E-state index < -0.39 is 5.97 Å². The van der Waals surface area contributed by atoms with Gasteiger partial charge in [-0.1, -0.05) is 12.1 Å². The number of benzene rings is 1. The molecular formula is C18H22N4O3. The summed E-state index contributed by atoms with van der Waals surface area (Å²) >= 11 is 0. The zero-order chi connectivity index (χ0) is 18.2. The molecule has 2 amide bonds. The molecule has 7 heteroatoms. The van der Waals surface area contributed by atoms with Crippen molar-refractivity contribution in [2.45, 2.75) is 26.8 Å². The third kappa shape index (κ3) is 5.49. The van der Waals surface area contributed by atoms with Crippen molar-refractivity contribution in [2.75, 3.05) is 17.2 Å². The molecule has 132 valence electrons. The highest BCUT2D eigenvalue weighted by atomic mass is 16.5. The number of ether oxygens (including phenoxy) is 1. The van der Waals surface area contributed by atoms with Gasteiger partial charge >= 0.3 is 12.0 Å². The van der Waals surface area contributed by atoms with Crippen LogP contribution in [0.1, 0.15) is 31.1 Å². The Bertz CT molecular complexity index is 729. The highest BCUT2D eigenvalue weighted by molar-refractivity contribution is 5.96.